The van der Waals surface area contributed by atoms with Crippen LogP contribution in [0.5, 0.6) is 0 Å². The van der Waals surface area contributed by atoms with E-state index in [1.807, 2.05) is 0 Å². The number of aliphatic hydroxyl groups excluding tert-OH is 4. The van der Waals surface area contributed by atoms with Gasteiger partial charge in [-0.15, -0.1) is 0 Å². The standard InChI is InChI=1S/C8H12BrNO7/c1-2(11)10(9)7(15)6-4(13)3(12)5(14)8(16)17-6/h3-7,12-15H,1H3/t3-,4-,5-,6+,7?/m0/s1. The van der Waals surface area contributed by atoms with Crippen molar-refractivity contribution in [1.82, 2.24) is 3.93 Å². The summed E-state index contributed by atoms with van der Waals surface area (Å²) in [6, 6.07) is 0. The van der Waals surface area contributed by atoms with E-state index in [0.29, 0.717) is 3.93 Å². The Balaban J connectivity index is 2.83. The predicted octanol–water partition coefficient (Wildman–Crippen LogP) is -2.53. The van der Waals surface area contributed by atoms with E-state index < -0.39 is 42.5 Å². The van der Waals surface area contributed by atoms with Gasteiger partial charge in [0, 0.05) is 6.92 Å². The SMILES string of the molecule is CC(=O)N(Br)C(O)[C@@H]1OC(=O)[C@@H](O)[C@@H](O)[C@@H]1O. The van der Waals surface area contributed by atoms with Crippen LogP contribution >= 0.6 is 16.1 Å². The minimum absolute atomic E-state index is 0.596. The summed E-state index contributed by atoms with van der Waals surface area (Å²) in [5.74, 6) is -1.78. The maximum atomic E-state index is 11.1. The molecule has 0 saturated carbocycles. The molecule has 1 aliphatic heterocycles. The van der Waals surface area contributed by atoms with E-state index in [0.717, 1.165) is 6.92 Å². The lowest BCUT2D eigenvalue weighted by molar-refractivity contribution is -0.222. The first kappa shape index (κ1) is 14.3. The summed E-state index contributed by atoms with van der Waals surface area (Å²) in [6.07, 6.45) is -8.62. The van der Waals surface area contributed by atoms with Gasteiger partial charge in [-0.3, -0.25) is 4.79 Å². The van der Waals surface area contributed by atoms with Crippen LogP contribution in [0.3, 0.4) is 0 Å². The van der Waals surface area contributed by atoms with Crippen LogP contribution < -0.4 is 0 Å². The molecule has 0 spiro atoms. The molecule has 1 fully saturated rings. The van der Waals surface area contributed by atoms with Crippen LogP contribution in [0.1, 0.15) is 6.92 Å². The van der Waals surface area contributed by atoms with E-state index in [1.54, 1.807) is 0 Å². The maximum Gasteiger partial charge on any atom is 0.338 e. The second-order valence-corrected chi connectivity index (χ2v) is 4.34. The molecule has 98 valence electrons. The topological polar surface area (TPSA) is 128 Å². The smallest absolute Gasteiger partial charge is 0.338 e. The van der Waals surface area contributed by atoms with Gasteiger partial charge in [0.05, 0.1) is 16.1 Å². The molecule has 1 unspecified atom stereocenters. The van der Waals surface area contributed by atoms with Gasteiger partial charge in [-0.2, -0.15) is 0 Å². The summed E-state index contributed by atoms with van der Waals surface area (Å²) in [5.41, 5.74) is 0. The highest BCUT2D eigenvalue weighted by Crippen LogP contribution is 2.22. The molecule has 1 rings (SSSR count). The van der Waals surface area contributed by atoms with Crippen LogP contribution in [0.4, 0.5) is 0 Å². The van der Waals surface area contributed by atoms with Crippen molar-refractivity contribution in [3.8, 4) is 0 Å². The van der Waals surface area contributed by atoms with E-state index in [4.69, 9.17) is 5.11 Å². The van der Waals surface area contributed by atoms with E-state index in [1.165, 1.54) is 0 Å². The predicted molar refractivity (Wildman–Crippen MR) is 55.4 cm³/mol. The molecule has 1 aliphatic rings. The lowest BCUT2D eigenvalue weighted by atomic mass is 9.98. The van der Waals surface area contributed by atoms with Crippen molar-refractivity contribution in [2.24, 2.45) is 0 Å². The number of carbonyl (C=O) groups is 2. The zero-order valence-electron chi connectivity index (χ0n) is 8.73. The largest absolute Gasteiger partial charge is 0.453 e. The molecule has 8 nitrogen and oxygen atoms in total. The molecule has 0 aromatic carbocycles. The molecular weight excluding hydrogens is 302 g/mol. The van der Waals surface area contributed by atoms with Gasteiger partial charge in [0.1, 0.15) is 12.2 Å². The van der Waals surface area contributed by atoms with E-state index in [9.17, 15) is 24.9 Å². The van der Waals surface area contributed by atoms with Crippen molar-refractivity contribution >= 4 is 28.0 Å². The third-order valence-electron chi connectivity index (χ3n) is 2.33. The first-order valence-electron chi connectivity index (χ1n) is 4.65. The van der Waals surface area contributed by atoms with Gasteiger partial charge >= 0.3 is 5.97 Å². The lowest BCUT2D eigenvalue weighted by Crippen LogP contribution is -2.61. The van der Waals surface area contributed by atoms with Crippen LogP contribution in [0.25, 0.3) is 0 Å². The fourth-order valence-corrected chi connectivity index (χ4v) is 1.58. The Hall–Kier alpha value is -0.740. The second-order valence-electron chi connectivity index (χ2n) is 3.57. The summed E-state index contributed by atoms with van der Waals surface area (Å²) in [7, 11) is 0. The Bertz CT molecular complexity index is 325. The lowest BCUT2D eigenvalue weighted by Gasteiger charge is -2.37. The number of ether oxygens (including phenoxy) is 1. The molecular formula is C8H12BrNO7. The molecule has 1 heterocycles. The fourth-order valence-electron chi connectivity index (χ4n) is 1.35. The summed E-state index contributed by atoms with van der Waals surface area (Å²) < 4.78 is 5.19. The molecule has 1 saturated heterocycles. The van der Waals surface area contributed by atoms with Crippen molar-refractivity contribution in [1.29, 1.82) is 0 Å². The quantitative estimate of drug-likeness (QED) is 0.251. The van der Waals surface area contributed by atoms with Crippen LogP contribution in [0.15, 0.2) is 0 Å². The number of amides is 1. The molecule has 1 amide bonds. The molecule has 4 N–H and O–H groups in total. The number of aliphatic hydroxyl groups is 4. The van der Waals surface area contributed by atoms with Gasteiger partial charge in [-0.05, 0) is 0 Å². The Morgan fingerprint density at radius 2 is 1.94 bits per heavy atom. The number of halogens is 1. The van der Waals surface area contributed by atoms with Gasteiger partial charge < -0.3 is 25.2 Å². The molecule has 9 heteroatoms. The van der Waals surface area contributed by atoms with Crippen molar-refractivity contribution in [2.75, 3.05) is 0 Å². The van der Waals surface area contributed by atoms with Crippen LogP contribution in [0, 0.1) is 0 Å². The maximum absolute atomic E-state index is 11.1. The highest BCUT2D eigenvalue weighted by Gasteiger charge is 2.48. The van der Waals surface area contributed by atoms with Gasteiger partial charge in [-0.25, -0.2) is 8.72 Å². The minimum atomic E-state index is -1.88. The first-order valence-corrected chi connectivity index (χ1v) is 5.36. The Morgan fingerprint density at radius 3 is 2.41 bits per heavy atom. The summed E-state index contributed by atoms with van der Waals surface area (Å²) in [4.78, 5) is 22.0. The average Bonchev–Trinajstić information content (AvgIpc) is 2.29. The van der Waals surface area contributed by atoms with Crippen molar-refractivity contribution in [2.45, 2.75) is 37.6 Å². The number of carbonyl (C=O) groups excluding carboxylic acids is 2. The van der Waals surface area contributed by atoms with Crippen LogP contribution in [0.2, 0.25) is 0 Å². The molecule has 0 aromatic heterocycles. The van der Waals surface area contributed by atoms with Crippen LogP contribution in [-0.2, 0) is 14.3 Å². The zero-order valence-corrected chi connectivity index (χ0v) is 10.3. The third kappa shape index (κ3) is 2.75. The Morgan fingerprint density at radius 1 is 1.41 bits per heavy atom. The normalized spacial score (nSPS) is 35.1. The molecule has 0 radical (unpaired) electrons. The number of nitrogens with zero attached hydrogens (tertiary/aromatic N) is 1. The van der Waals surface area contributed by atoms with Gasteiger partial charge in [0.15, 0.2) is 18.4 Å². The van der Waals surface area contributed by atoms with Crippen molar-refractivity contribution < 1.29 is 34.8 Å². The summed E-state index contributed by atoms with van der Waals surface area (Å²) in [6.45, 7) is 1.13. The molecule has 0 aromatic rings. The van der Waals surface area contributed by atoms with Crippen LogP contribution in [-0.4, -0.2) is 66.9 Å². The van der Waals surface area contributed by atoms with Gasteiger partial charge in [-0.1, -0.05) is 0 Å². The van der Waals surface area contributed by atoms with Crippen molar-refractivity contribution in [3.05, 3.63) is 0 Å². The zero-order chi connectivity index (χ0) is 13.3. The van der Waals surface area contributed by atoms with Crippen molar-refractivity contribution in [3.63, 3.8) is 0 Å². The number of hydrogen-bond donors (Lipinski definition) is 4. The highest BCUT2D eigenvalue weighted by atomic mass is 79.9. The summed E-state index contributed by atoms with van der Waals surface area (Å²) in [5, 5.41) is 37.6. The van der Waals surface area contributed by atoms with Gasteiger partial charge in [0.2, 0.25) is 5.91 Å². The number of hydrogen-bond acceptors (Lipinski definition) is 7. The fraction of sp³-hybridized carbons (Fsp3) is 0.750. The monoisotopic (exact) mass is 313 g/mol. The second kappa shape index (κ2) is 5.27. The average molecular weight is 314 g/mol. The Kier molecular flexibility index (Phi) is 4.44. The first-order chi connectivity index (χ1) is 7.77. The number of cyclic esters (lactones) is 1. The van der Waals surface area contributed by atoms with E-state index in [2.05, 4.69) is 20.9 Å². The minimum Gasteiger partial charge on any atom is -0.453 e. The molecule has 0 aliphatic carbocycles. The molecule has 5 atom stereocenters. The molecule has 0 bridgehead atoms. The molecule has 17 heavy (non-hydrogen) atoms. The number of rotatable bonds is 2. The van der Waals surface area contributed by atoms with Gasteiger partial charge in [0.25, 0.3) is 0 Å². The summed E-state index contributed by atoms with van der Waals surface area (Å²) >= 11 is 2.71. The van der Waals surface area contributed by atoms with E-state index >= 15 is 0 Å². The third-order valence-corrected chi connectivity index (χ3v) is 3.25. The van der Waals surface area contributed by atoms with E-state index in [-0.39, 0.29) is 0 Å². The number of esters is 1. The Labute approximate surface area is 105 Å². The highest BCUT2D eigenvalue weighted by molar-refractivity contribution is 9.07.